The molecule has 0 aliphatic carbocycles. The minimum Gasteiger partial charge on any atom is -0.261 e. The SMILES string of the molecule is CC(C)c1ccccn1.CC(C)c1cccnc1C(C)C.CC(C)c1ncccc1-c1ccccc1.CC(C)c1ncccc1Cl.Cc1cccnc1C(C)C. The fourth-order valence-electron chi connectivity index (χ4n) is 5.78. The maximum Gasteiger partial charge on any atom is 0.0624 e. The van der Waals surface area contributed by atoms with Crippen molar-refractivity contribution in [3.63, 3.8) is 0 Å². The Hall–Kier alpha value is -4.74. The van der Waals surface area contributed by atoms with Crippen LogP contribution in [0.4, 0.5) is 0 Å². The van der Waals surface area contributed by atoms with E-state index in [4.69, 9.17) is 11.6 Å². The summed E-state index contributed by atoms with van der Waals surface area (Å²) in [4.78, 5) is 21.5. The summed E-state index contributed by atoms with van der Waals surface area (Å²) in [5.41, 5.74) is 10.9. The molecule has 56 heavy (non-hydrogen) atoms. The molecule has 6 heteroatoms. The van der Waals surface area contributed by atoms with Crippen LogP contribution in [0.15, 0.2) is 128 Å². The molecule has 0 aliphatic heterocycles. The third kappa shape index (κ3) is 16.5. The van der Waals surface area contributed by atoms with Crippen molar-refractivity contribution in [2.45, 2.75) is 126 Å². The summed E-state index contributed by atoms with van der Waals surface area (Å²) >= 11 is 5.86. The molecule has 0 bridgehead atoms. The molecular formula is C50H66ClN5. The van der Waals surface area contributed by atoms with Gasteiger partial charge in [0.25, 0.3) is 0 Å². The summed E-state index contributed by atoms with van der Waals surface area (Å²) in [6, 6.07) is 32.5. The van der Waals surface area contributed by atoms with Crippen molar-refractivity contribution in [1.82, 2.24) is 24.9 Å². The highest BCUT2D eigenvalue weighted by Gasteiger charge is 2.10. The second-order valence-electron chi connectivity index (χ2n) is 15.5. The van der Waals surface area contributed by atoms with Crippen LogP contribution in [0.3, 0.4) is 0 Å². The monoisotopic (exact) mass is 772 g/mol. The summed E-state index contributed by atoms with van der Waals surface area (Å²) in [7, 11) is 0. The quantitative estimate of drug-likeness (QED) is 0.162. The molecule has 1 aromatic carbocycles. The summed E-state index contributed by atoms with van der Waals surface area (Å²) in [5.74, 6) is 3.07. The number of nitrogens with zero attached hydrogens (tertiary/aromatic N) is 5. The van der Waals surface area contributed by atoms with Crippen LogP contribution in [0, 0.1) is 6.92 Å². The van der Waals surface area contributed by atoms with Gasteiger partial charge in [-0.15, -0.1) is 0 Å². The fourth-order valence-corrected chi connectivity index (χ4v) is 6.12. The van der Waals surface area contributed by atoms with Crippen LogP contribution in [0.25, 0.3) is 11.1 Å². The first-order valence-electron chi connectivity index (χ1n) is 20.0. The van der Waals surface area contributed by atoms with Gasteiger partial charge in [0.15, 0.2) is 0 Å². The highest BCUT2D eigenvalue weighted by atomic mass is 35.5. The molecule has 0 radical (unpaired) electrons. The molecule has 0 spiro atoms. The van der Waals surface area contributed by atoms with Crippen molar-refractivity contribution in [2.75, 3.05) is 0 Å². The number of aromatic nitrogens is 5. The molecule has 0 amide bonds. The average molecular weight is 773 g/mol. The van der Waals surface area contributed by atoms with E-state index in [1.54, 1.807) is 6.20 Å². The normalized spacial score (nSPS) is 10.6. The number of pyridine rings is 5. The topological polar surface area (TPSA) is 64.5 Å². The lowest BCUT2D eigenvalue weighted by Gasteiger charge is -2.13. The number of rotatable bonds is 7. The Labute approximate surface area is 344 Å². The van der Waals surface area contributed by atoms with Crippen molar-refractivity contribution in [2.24, 2.45) is 0 Å². The fraction of sp³-hybridized carbons (Fsp3) is 0.380. The Bertz CT molecular complexity index is 1860. The largest absolute Gasteiger partial charge is 0.261 e. The van der Waals surface area contributed by atoms with Crippen molar-refractivity contribution < 1.29 is 0 Å². The lowest BCUT2D eigenvalue weighted by atomic mass is 9.96. The van der Waals surface area contributed by atoms with E-state index in [0.717, 1.165) is 16.4 Å². The van der Waals surface area contributed by atoms with E-state index in [1.807, 2.05) is 79.4 Å². The zero-order valence-corrected chi connectivity index (χ0v) is 37.0. The van der Waals surface area contributed by atoms with E-state index in [0.29, 0.717) is 35.5 Å². The minimum atomic E-state index is 0.411. The van der Waals surface area contributed by atoms with E-state index >= 15 is 0 Å². The van der Waals surface area contributed by atoms with Crippen LogP contribution in [0.1, 0.15) is 158 Å². The van der Waals surface area contributed by atoms with Crippen molar-refractivity contribution >= 4 is 11.6 Å². The lowest BCUT2D eigenvalue weighted by Crippen LogP contribution is -2.00. The Balaban J connectivity index is 0.000000245. The van der Waals surface area contributed by atoms with Gasteiger partial charge in [0, 0.05) is 53.6 Å². The summed E-state index contributed by atoms with van der Waals surface area (Å²) in [6.45, 7) is 28.0. The second-order valence-corrected chi connectivity index (χ2v) is 15.9. The van der Waals surface area contributed by atoms with Gasteiger partial charge in [0.1, 0.15) is 0 Å². The molecule has 0 unspecified atom stereocenters. The van der Waals surface area contributed by atoms with Crippen molar-refractivity contribution in [3.05, 3.63) is 173 Å². The summed E-state index contributed by atoms with van der Waals surface area (Å²) in [6.07, 6.45) is 9.18. The minimum absolute atomic E-state index is 0.411. The number of hydrogen-bond donors (Lipinski definition) is 0. The first-order chi connectivity index (χ1) is 26.6. The lowest BCUT2D eigenvalue weighted by molar-refractivity contribution is 0.757. The van der Waals surface area contributed by atoms with Gasteiger partial charge in [0.2, 0.25) is 0 Å². The third-order valence-electron chi connectivity index (χ3n) is 8.72. The summed E-state index contributed by atoms with van der Waals surface area (Å²) < 4.78 is 0. The molecular weight excluding hydrogens is 706 g/mol. The molecule has 5 nitrogen and oxygen atoms in total. The maximum absolute atomic E-state index is 5.86. The smallest absolute Gasteiger partial charge is 0.0624 e. The van der Waals surface area contributed by atoms with Gasteiger partial charge in [-0.1, -0.05) is 149 Å². The van der Waals surface area contributed by atoms with Gasteiger partial charge < -0.3 is 0 Å². The average Bonchev–Trinajstić information content (AvgIpc) is 3.19. The van der Waals surface area contributed by atoms with E-state index in [-0.39, 0.29) is 0 Å². The van der Waals surface area contributed by atoms with Gasteiger partial charge in [-0.2, -0.15) is 0 Å². The van der Waals surface area contributed by atoms with Crippen LogP contribution in [0.5, 0.6) is 0 Å². The van der Waals surface area contributed by atoms with Crippen LogP contribution < -0.4 is 0 Å². The standard InChI is InChI=1S/C14H15N.C11H17N.C9H13N.C8H10ClN.C8H11N/c1-11(2)14-13(9-6-10-15-14)12-7-4-3-5-8-12;1-8(2)10-6-5-7-12-11(10)9(3)4;1-7(2)9-8(3)5-4-6-10-9;1-6(2)8-7(9)4-3-5-10-8;1-7(2)8-5-3-4-6-9-8/h3-11H,1-2H3;5-9H,1-4H3;4-7H,1-3H3;3-6H,1-2H3;3-7H,1-2H3. The number of hydrogen-bond acceptors (Lipinski definition) is 5. The van der Waals surface area contributed by atoms with E-state index in [1.165, 1.54) is 39.3 Å². The predicted molar refractivity (Wildman–Crippen MR) is 241 cm³/mol. The zero-order valence-electron chi connectivity index (χ0n) is 36.2. The van der Waals surface area contributed by atoms with Gasteiger partial charge in [-0.05, 0) is 102 Å². The van der Waals surface area contributed by atoms with Crippen molar-refractivity contribution in [1.29, 1.82) is 0 Å². The summed E-state index contributed by atoms with van der Waals surface area (Å²) in [5, 5.41) is 0.762. The Kier molecular flexibility index (Phi) is 21.5. The Morgan fingerprint density at radius 1 is 0.375 bits per heavy atom. The first-order valence-corrected chi connectivity index (χ1v) is 20.4. The molecule has 5 heterocycles. The molecule has 0 fully saturated rings. The molecule has 0 atom stereocenters. The molecule has 6 rings (SSSR count). The maximum atomic E-state index is 5.86. The van der Waals surface area contributed by atoms with E-state index < -0.39 is 0 Å². The molecule has 0 N–H and O–H groups in total. The Morgan fingerprint density at radius 3 is 1.25 bits per heavy atom. The molecule has 0 aliphatic rings. The van der Waals surface area contributed by atoms with Crippen LogP contribution in [-0.4, -0.2) is 24.9 Å². The zero-order chi connectivity index (χ0) is 41.6. The molecule has 5 aromatic heterocycles. The van der Waals surface area contributed by atoms with Gasteiger partial charge in [-0.3, -0.25) is 24.9 Å². The molecule has 6 aromatic rings. The number of aryl methyl sites for hydroxylation is 1. The van der Waals surface area contributed by atoms with Crippen LogP contribution >= 0.6 is 11.6 Å². The van der Waals surface area contributed by atoms with Crippen molar-refractivity contribution in [3.8, 4) is 11.1 Å². The molecule has 298 valence electrons. The highest BCUT2D eigenvalue weighted by molar-refractivity contribution is 6.31. The Morgan fingerprint density at radius 2 is 0.839 bits per heavy atom. The van der Waals surface area contributed by atoms with Crippen LogP contribution in [0.2, 0.25) is 5.02 Å². The van der Waals surface area contributed by atoms with E-state index in [2.05, 4.69) is 157 Å². The number of benzene rings is 1. The molecule has 0 saturated carbocycles. The predicted octanol–water partition coefficient (Wildman–Crippen LogP) is 14.8. The third-order valence-corrected chi connectivity index (χ3v) is 9.04. The molecule has 0 saturated heterocycles. The van der Waals surface area contributed by atoms with E-state index in [9.17, 15) is 0 Å². The van der Waals surface area contributed by atoms with Crippen LogP contribution in [-0.2, 0) is 0 Å². The number of halogens is 1. The first kappa shape index (κ1) is 47.4. The van der Waals surface area contributed by atoms with Gasteiger partial charge >= 0.3 is 0 Å². The van der Waals surface area contributed by atoms with Gasteiger partial charge in [0.05, 0.1) is 16.4 Å². The highest BCUT2D eigenvalue weighted by Crippen LogP contribution is 2.27. The van der Waals surface area contributed by atoms with Gasteiger partial charge in [-0.25, -0.2) is 0 Å². The second kappa shape index (κ2) is 25.4.